The molecule has 1 aliphatic heterocycles. The molecule has 1 aromatic rings. The number of carbonyl (C=O) groups is 1. The molecule has 5 atom stereocenters. The molecule has 4 rings (SSSR count). The van der Waals surface area contributed by atoms with Crippen LogP contribution in [0.3, 0.4) is 0 Å². The fourth-order valence-corrected chi connectivity index (χ4v) is 4.17. The number of aliphatic hydroxyl groups is 1. The van der Waals surface area contributed by atoms with Crippen molar-refractivity contribution in [1.29, 1.82) is 0 Å². The van der Waals surface area contributed by atoms with E-state index in [0.29, 0.717) is 11.8 Å². The van der Waals surface area contributed by atoms with E-state index in [1.54, 1.807) is 4.90 Å². The Morgan fingerprint density at radius 2 is 1.95 bits per heavy atom. The predicted octanol–water partition coefficient (Wildman–Crippen LogP) is 2.10. The first-order valence-corrected chi connectivity index (χ1v) is 6.93. The lowest BCUT2D eigenvalue weighted by Gasteiger charge is -2.26. The Labute approximate surface area is 112 Å². The van der Waals surface area contributed by atoms with E-state index < -0.39 is 6.23 Å². The van der Waals surface area contributed by atoms with Crippen LogP contribution in [-0.4, -0.2) is 17.2 Å². The van der Waals surface area contributed by atoms with Gasteiger partial charge in [-0.25, -0.2) is 0 Å². The molecular formula is C16H17NO2. The van der Waals surface area contributed by atoms with Gasteiger partial charge in [0.1, 0.15) is 6.23 Å². The highest BCUT2D eigenvalue weighted by molar-refractivity contribution is 5.99. The Morgan fingerprint density at radius 3 is 2.68 bits per heavy atom. The largest absolute Gasteiger partial charge is 0.373 e. The monoisotopic (exact) mass is 255 g/mol. The van der Waals surface area contributed by atoms with Crippen LogP contribution in [0, 0.1) is 30.6 Å². The van der Waals surface area contributed by atoms with Crippen LogP contribution < -0.4 is 4.90 Å². The third kappa shape index (κ3) is 1.34. The Bertz CT molecular complexity index is 580. The number of hydrogen-bond donors (Lipinski definition) is 1. The SMILES string of the molecule is Cc1ccccc1N1C(=O)[C@H]2[C@@H]([C@H]1O)[C@H]1C=C[C@H]2C1. The number of benzene rings is 1. The minimum atomic E-state index is -0.668. The van der Waals surface area contributed by atoms with E-state index >= 15 is 0 Å². The predicted molar refractivity (Wildman–Crippen MR) is 72.4 cm³/mol. The van der Waals surface area contributed by atoms with Gasteiger partial charge in [-0.3, -0.25) is 9.69 Å². The van der Waals surface area contributed by atoms with Crippen LogP contribution >= 0.6 is 0 Å². The first-order valence-electron chi connectivity index (χ1n) is 6.93. The maximum atomic E-state index is 12.7. The van der Waals surface area contributed by atoms with Crippen molar-refractivity contribution in [3.05, 3.63) is 42.0 Å². The zero-order valence-electron chi connectivity index (χ0n) is 10.9. The molecule has 1 heterocycles. The first-order chi connectivity index (χ1) is 9.18. The first kappa shape index (κ1) is 11.2. The smallest absolute Gasteiger partial charge is 0.233 e. The Kier molecular flexibility index (Phi) is 2.19. The zero-order chi connectivity index (χ0) is 13.1. The number of carbonyl (C=O) groups excluding carboxylic acids is 1. The summed E-state index contributed by atoms with van der Waals surface area (Å²) in [7, 11) is 0. The maximum absolute atomic E-state index is 12.7. The molecule has 2 bridgehead atoms. The van der Waals surface area contributed by atoms with Gasteiger partial charge in [0.2, 0.25) is 5.91 Å². The molecule has 1 saturated carbocycles. The Balaban J connectivity index is 1.77. The van der Waals surface area contributed by atoms with Gasteiger partial charge in [0, 0.05) is 11.6 Å². The Morgan fingerprint density at radius 1 is 1.21 bits per heavy atom. The van der Waals surface area contributed by atoms with Crippen LogP contribution in [0.5, 0.6) is 0 Å². The van der Waals surface area contributed by atoms with E-state index in [9.17, 15) is 9.90 Å². The lowest BCUT2D eigenvalue weighted by atomic mass is 9.85. The molecule has 1 amide bonds. The van der Waals surface area contributed by atoms with Gasteiger partial charge >= 0.3 is 0 Å². The summed E-state index contributed by atoms with van der Waals surface area (Å²) < 4.78 is 0. The molecule has 3 aliphatic rings. The number of aliphatic hydroxyl groups excluding tert-OH is 1. The lowest BCUT2D eigenvalue weighted by molar-refractivity contribution is -0.121. The number of aryl methyl sites for hydroxylation is 1. The van der Waals surface area contributed by atoms with Gasteiger partial charge in [-0.15, -0.1) is 0 Å². The van der Waals surface area contributed by atoms with Crippen molar-refractivity contribution < 1.29 is 9.90 Å². The van der Waals surface area contributed by atoms with E-state index in [-0.39, 0.29) is 17.7 Å². The van der Waals surface area contributed by atoms with Crippen molar-refractivity contribution in [2.75, 3.05) is 4.90 Å². The van der Waals surface area contributed by atoms with E-state index in [0.717, 1.165) is 17.7 Å². The van der Waals surface area contributed by atoms with Gasteiger partial charge in [-0.1, -0.05) is 30.4 Å². The van der Waals surface area contributed by atoms with Crippen LogP contribution in [0.1, 0.15) is 12.0 Å². The number of rotatable bonds is 1. The molecule has 0 radical (unpaired) electrons. The van der Waals surface area contributed by atoms with Crippen molar-refractivity contribution in [2.45, 2.75) is 19.6 Å². The van der Waals surface area contributed by atoms with Gasteiger partial charge in [-0.05, 0) is 36.8 Å². The summed E-state index contributed by atoms with van der Waals surface area (Å²) in [5, 5.41) is 10.6. The molecular weight excluding hydrogens is 238 g/mol. The molecule has 1 saturated heterocycles. The summed E-state index contributed by atoms with van der Waals surface area (Å²) in [5.74, 6) is 0.893. The highest BCUT2D eigenvalue weighted by atomic mass is 16.3. The molecule has 2 fully saturated rings. The van der Waals surface area contributed by atoms with E-state index in [4.69, 9.17) is 0 Å². The van der Waals surface area contributed by atoms with Crippen molar-refractivity contribution in [3.63, 3.8) is 0 Å². The van der Waals surface area contributed by atoms with Crippen molar-refractivity contribution in [3.8, 4) is 0 Å². The van der Waals surface area contributed by atoms with Crippen LogP contribution in [0.25, 0.3) is 0 Å². The molecule has 98 valence electrons. The summed E-state index contributed by atoms with van der Waals surface area (Å²) in [5.41, 5.74) is 1.89. The number of anilines is 1. The van der Waals surface area contributed by atoms with E-state index in [1.807, 2.05) is 31.2 Å². The van der Waals surface area contributed by atoms with Crippen molar-refractivity contribution >= 4 is 11.6 Å². The molecule has 0 spiro atoms. The molecule has 0 aromatic heterocycles. The summed E-state index contributed by atoms with van der Waals surface area (Å²) in [6, 6.07) is 7.78. The van der Waals surface area contributed by atoms with E-state index in [2.05, 4.69) is 12.2 Å². The standard InChI is InChI=1S/C16H17NO2/c1-9-4-2-3-5-12(9)17-15(18)13-10-6-7-11(8-10)14(13)16(17)19/h2-7,10-11,13-15,18H,8H2,1H3/t10-,11-,13-,14+,15+/m0/s1. The summed E-state index contributed by atoms with van der Waals surface area (Å²) in [6.07, 6.45) is 4.72. The number of amides is 1. The zero-order valence-corrected chi connectivity index (χ0v) is 10.9. The quantitative estimate of drug-likeness (QED) is 0.781. The molecule has 0 unspecified atom stereocenters. The molecule has 2 aliphatic carbocycles. The normalized spacial score (nSPS) is 39.2. The van der Waals surface area contributed by atoms with Crippen LogP contribution in [0.2, 0.25) is 0 Å². The highest BCUT2D eigenvalue weighted by Gasteiger charge is 2.59. The van der Waals surface area contributed by atoms with Crippen molar-refractivity contribution in [1.82, 2.24) is 0 Å². The molecule has 1 N–H and O–H groups in total. The third-order valence-electron chi connectivity index (χ3n) is 5.03. The second-order valence-corrected chi connectivity index (χ2v) is 5.96. The summed E-state index contributed by atoms with van der Waals surface area (Å²) >= 11 is 0. The van der Waals surface area contributed by atoms with Crippen LogP contribution in [0.15, 0.2) is 36.4 Å². The summed E-state index contributed by atoms with van der Waals surface area (Å²) in [4.78, 5) is 14.3. The van der Waals surface area contributed by atoms with E-state index in [1.165, 1.54) is 0 Å². The maximum Gasteiger partial charge on any atom is 0.233 e. The minimum absolute atomic E-state index is 0.00962. The minimum Gasteiger partial charge on any atom is -0.373 e. The second kappa shape index (κ2) is 3.70. The number of allylic oxidation sites excluding steroid dienone is 2. The number of para-hydroxylation sites is 1. The van der Waals surface area contributed by atoms with Gasteiger partial charge < -0.3 is 5.11 Å². The molecule has 19 heavy (non-hydrogen) atoms. The lowest BCUT2D eigenvalue weighted by Crippen LogP contribution is -2.37. The van der Waals surface area contributed by atoms with Crippen molar-refractivity contribution in [2.24, 2.45) is 23.7 Å². The second-order valence-electron chi connectivity index (χ2n) is 5.96. The Hall–Kier alpha value is -1.61. The fourth-order valence-electron chi connectivity index (χ4n) is 4.17. The number of nitrogens with zero attached hydrogens (tertiary/aromatic N) is 1. The average molecular weight is 255 g/mol. The van der Waals surface area contributed by atoms with Gasteiger partial charge in [-0.2, -0.15) is 0 Å². The average Bonchev–Trinajstić information content (AvgIpc) is 3.06. The third-order valence-corrected chi connectivity index (χ3v) is 5.03. The topological polar surface area (TPSA) is 40.5 Å². The van der Waals surface area contributed by atoms with Gasteiger partial charge in [0.15, 0.2) is 0 Å². The summed E-state index contributed by atoms with van der Waals surface area (Å²) in [6.45, 7) is 1.98. The molecule has 3 heteroatoms. The number of hydrogen-bond acceptors (Lipinski definition) is 2. The molecule has 3 nitrogen and oxygen atoms in total. The van der Waals surface area contributed by atoms with Gasteiger partial charge in [0.05, 0.1) is 5.92 Å². The van der Waals surface area contributed by atoms with Crippen LogP contribution in [0.4, 0.5) is 5.69 Å². The molecule has 1 aromatic carbocycles. The van der Waals surface area contributed by atoms with Gasteiger partial charge in [0.25, 0.3) is 0 Å². The highest BCUT2D eigenvalue weighted by Crippen LogP contribution is 2.54. The van der Waals surface area contributed by atoms with Crippen LogP contribution in [-0.2, 0) is 4.79 Å². The fraction of sp³-hybridized carbons (Fsp3) is 0.438. The number of fused-ring (bicyclic) bond motifs is 5.